The summed E-state index contributed by atoms with van der Waals surface area (Å²) in [6, 6.07) is 8.37. The van der Waals surface area contributed by atoms with Crippen molar-refractivity contribution < 1.29 is 0 Å². The Bertz CT molecular complexity index is 543. The van der Waals surface area contributed by atoms with Crippen LogP contribution in [0.3, 0.4) is 0 Å². The van der Waals surface area contributed by atoms with Crippen molar-refractivity contribution >= 4 is 11.6 Å². The maximum absolute atomic E-state index is 5.94. The number of halogens is 1. The highest BCUT2D eigenvalue weighted by atomic mass is 35.5. The molecule has 0 aliphatic heterocycles. The minimum atomic E-state index is 0.396. The van der Waals surface area contributed by atoms with Gasteiger partial charge in [0.25, 0.3) is 0 Å². The predicted octanol–water partition coefficient (Wildman–Crippen LogP) is 3.19. The van der Waals surface area contributed by atoms with Crippen molar-refractivity contribution in [2.75, 3.05) is 0 Å². The lowest BCUT2D eigenvalue weighted by Crippen LogP contribution is -2.03. The van der Waals surface area contributed by atoms with Gasteiger partial charge in [-0.1, -0.05) is 12.1 Å². The van der Waals surface area contributed by atoms with Crippen molar-refractivity contribution in [3.05, 3.63) is 41.5 Å². The highest BCUT2D eigenvalue weighted by Gasteiger charge is 2.30. The van der Waals surface area contributed by atoms with Crippen molar-refractivity contribution in [2.24, 2.45) is 0 Å². The molecule has 0 spiro atoms. The highest BCUT2D eigenvalue weighted by molar-refractivity contribution is 6.16. The molecule has 0 bridgehead atoms. The van der Waals surface area contributed by atoms with E-state index >= 15 is 0 Å². The number of rotatable bonds is 3. The van der Waals surface area contributed by atoms with Crippen LogP contribution in [0.1, 0.15) is 36.0 Å². The maximum atomic E-state index is 5.94. The lowest BCUT2D eigenvalue weighted by Gasteiger charge is -2.09. The van der Waals surface area contributed by atoms with Crippen LogP contribution in [-0.2, 0) is 5.88 Å². The van der Waals surface area contributed by atoms with Crippen LogP contribution in [0.4, 0.5) is 0 Å². The van der Waals surface area contributed by atoms with E-state index in [0.29, 0.717) is 11.8 Å². The topological polar surface area (TPSA) is 30.7 Å². The minimum absolute atomic E-state index is 0.396. The summed E-state index contributed by atoms with van der Waals surface area (Å²) >= 11 is 5.94. The van der Waals surface area contributed by atoms with E-state index in [1.807, 2.05) is 0 Å². The van der Waals surface area contributed by atoms with Gasteiger partial charge in [0.2, 0.25) is 0 Å². The zero-order valence-corrected chi connectivity index (χ0v) is 10.5. The first kappa shape index (κ1) is 10.8. The zero-order valence-electron chi connectivity index (χ0n) is 9.73. The molecule has 1 aromatic carbocycles. The average molecular weight is 248 g/mol. The molecule has 0 saturated heterocycles. The predicted molar refractivity (Wildman–Crippen MR) is 67.6 cm³/mol. The fraction of sp³-hybridized carbons (Fsp3) is 0.385. The molecule has 88 valence electrons. The molecule has 4 heteroatoms. The van der Waals surface area contributed by atoms with Gasteiger partial charge in [-0.15, -0.1) is 21.8 Å². The minimum Gasteiger partial charge on any atom is -0.282 e. The quantitative estimate of drug-likeness (QED) is 0.780. The lowest BCUT2D eigenvalue weighted by atomic mass is 10.2. The molecule has 1 saturated carbocycles. The van der Waals surface area contributed by atoms with Crippen LogP contribution in [0.2, 0.25) is 0 Å². The van der Waals surface area contributed by atoms with E-state index < -0.39 is 0 Å². The third-order valence-electron chi connectivity index (χ3n) is 3.08. The molecule has 1 aromatic heterocycles. The van der Waals surface area contributed by atoms with Gasteiger partial charge in [-0.2, -0.15) is 0 Å². The van der Waals surface area contributed by atoms with Crippen LogP contribution < -0.4 is 0 Å². The van der Waals surface area contributed by atoms with Crippen LogP contribution in [0.15, 0.2) is 24.3 Å². The fourth-order valence-corrected chi connectivity index (χ4v) is 2.24. The van der Waals surface area contributed by atoms with E-state index in [4.69, 9.17) is 11.6 Å². The summed E-state index contributed by atoms with van der Waals surface area (Å²) in [7, 11) is 0. The van der Waals surface area contributed by atoms with Gasteiger partial charge in [-0.05, 0) is 37.5 Å². The molecule has 3 nitrogen and oxygen atoms in total. The Morgan fingerprint density at radius 3 is 2.82 bits per heavy atom. The summed E-state index contributed by atoms with van der Waals surface area (Å²) in [5.74, 6) is 2.86. The molecule has 1 aliphatic rings. The molecule has 0 radical (unpaired) electrons. The second-order valence-corrected chi connectivity index (χ2v) is 4.82. The number of nitrogens with zero attached hydrogens (tertiary/aromatic N) is 3. The Hall–Kier alpha value is -1.35. The first-order valence-electron chi connectivity index (χ1n) is 5.87. The van der Waals surface area contributed by atoms with Gasteiger partial charge in [0.1, 0.15) is 5.82 Å². The van der Waals surface area contributed by atoms with Gasteiger partial charge < -0.3 is 0 Å². The van der Waals surface area contributed by atoms with Gasteiger partial charge in [-0.3, -0.25) is 4.57 Å². The second kappa shape index (κ2) is 4.15. The highest BCUT2D eigenvalue weighted by Crippen LogP contribution is 2.40. The zero-order chi connectivity index (χ0) is 11.8. The third-order valence-corrected chi connectivity index (χ3v) is 3.32. The van der Waals surface area contributed by atoms with Crippen LogP contribution in [-0.4, -0.2) is 14.8 Å². The van der Waals surface area contributed by atoms with Gasteiger partial charge in [-0.25, -0.2) is 0 Å². The molecule has 0 amide bonds. The Morgan fingerprint density at radius 2 is 2.18 bits per heavy atom. The Morgan fingerprint density at radius 1 is 1.35 bits per heavy atom. The van der Waals surface area contributed by atoms with Crippen molar-refractivity contribution in [3.8, 4) is 5.69 Å². The number of hydrogen-bond donors (Lipinski definition) is 0. The van der Waals surface area contributed by atoms with E-state index in [2.05, 4.69) is 46.0 Å². The Balaban J connectivity index is 2.14. The summed E-state index contributed by atoms with van der Waals surface area (Å²) in [4.78, 5) is 0. The van der Waals surface area contributed by atoms with Gasteiger partial charge in [0.15, 0.2) is 5.82 Å². The normalized spacial score (nSPS) is 15.2. The van der Waals surface area contributed by atoms with Crippen LogP contribution in [0.25, 0.3) is 5.69 Å². The molecule has 1 heterocycles. The summed E-state index contributed by atoms with van der Waals surface area (Å²) in [5, 5.41) is 8.47. The van der Waals surface area contributed by atoms with Crippen molar-refractivity contribution in [1.82, 2.24) is 14.8 Å². The van der Waals surface area contributed by atoms with E-state index in [1.54, 1.807) is 0 Å². The van der Waals surface area contributed by atoms with E-state index in [1.165, 1.54) is 18.4 Å². The summed E-state index contributed by atoms with van der Waals surface area (Å²) < 4.78 is 2.11. The first-order chi connectivity index (χ1) is 8.29. The van der Waals surface area contributed by atoms with E-state index in [0.717, 1.165) is 17.3 Å². The SMILES string of the molecule is Cc1cccc(-n2c(CCl)nnc2C2CC2)c1. The summed E-state index contributed by atoms with van der Waals surface area (Å²) in [5.41, 5.74) is 2.35. The number of hydrogen-bond acceptors (Lipinski definition) is 2. The molecule has 2 aromatic rings. The average Bonchev–Trinajstić information content (AvgIpc) is 3.08. The van der Waals surface area contributed by atoms with Crippen LogP contribution in [0.5, 0.6) is 0 Å². The number of alkyl halides is 1. The monoisotopic (exact) mass is 247 g/mol. The number of aryl methyl sites for hydroxylation is 1. The molecule has 17 heavy (non-hydrogen) atoms. The molecule has 0 N–H and O–H groups in total. The van der Waals surface area contributed by atoms with Gasteiger partial charge >= 0.3 is 0 Å². The standard InChI is InChI=1S/C13H14ClN3/c1-9-3-2-4-11(7-9)17-12(8-14)15-16-13(17)10-5-6-10/h2-4,7,10H,5-6,8H2,1H3. The summed E-state index contributed by atoms with van der Waals surface area (Å²) in [6.45, 7) is 2.09. The Kier molecular flexibility index (Phi) is 2.63. The smallest absolute Gasteiger partial charge is 0.152 e. The Labute approximate surface area is 105 Å². The second-order valence-electron chi connectivity index (χ2n) is 4.56. The van der Waals surface area contributed by atoms with Crippen molar-refractivity contribution in [3.63, 3.8) is 0 Å². The maximum Gasteiger partial charge on any atom is 0.152 e. The van der Waals surface area contributed by atoms with Crippen LogP contribution in [0, 0.1) is 6.92 Å². The van der Waals surface area contributed by atoms with E-state index in [9.17, 15) is 0 Å². The van der Waals surface area contributed by atoms with Crippen molar-refractivity contribution in [2.45, 2.75) is 31.6 Å². The van der Waals surface area contributed by atoms with Crippen molar-refractivity contribution in [1.29, 1.82) is 0 Å². The fourth-order valence-electron chi connectivity index (χ4n) is 2.07. The third kappa shape index (κ3) is 1.95. The first-order valence-corrected chi connectivity index (χ1v) is 6.40. The largest absolute Gasteiger partial charge is 0.282 e. The lowest BCUT2D eigenvalue weighted by molar-refractivity contribution is 0.857. The molecule has 1 fully saturated rings. The molecule has 0 atom stereocenters. The molecule has 0 unspecified atom stereocenters. The molecular weight excluding hydrogens is 234 g/mol. The number of benzene rings is 1. The summed E-state index contributed by atoms with van der Waals surface area (Å²) in [6.07, 6.45) is 2.43. The van der Waals surface area contributed by atoms with E-state index in [-0.39, 0.29) is 0 Å². The molecular formula is C13H14ClN3. The number of aromatic nitrogens is 3. The van der Waals surface area contributed by atoms with Crippen LogP contribution >= 0.6 is 11.6 Å². The van der Waals surface area contributed by atoms with Gasteiger partial charge in [0.05, 0.1) is 5.88 Å². The molecule has 3 rings (SSSR count). The molecule has 1 aliphatic carbocycles. The van der Waals surface area contributed by atoms with Gasteiger partial charge in [0, 0.05) is 11.6 Å².